The van der Waals surface area contributed by atoms with Gasteiger partial charge >= 0.3 is 6.18 Å². The van der Waals surface area contributed by atoms with Gasteiger partial charge in [-0.15, -0.1) is 0 Å². The SMILES string of the molecule is CCc1cc(C(F)(F)F)ncc1S(=O)(=O)Cl. The summed E-state index contributed by atoms with van der Waals surface area (Å²) in [4.78, 5) is 2.65. The molecule has 0 saturated carbocycles. The van der Waals surface area contributed by atoms with Gasteiger partial charge in [0.25, 0.3) is 9.05 Å². The van der Waals surface area contributed by atoms with Crippen molar-refractivity contribution in [1.82, 2.24) is 4.98 Å². The van der Waals surface area contributed by atoms with Crippen LogP contribution in [0.15, 0.2) is 17.2 Å². The summed E-state index contributed by atoms with van der Waals surface area (Å²) in [6, 6.07) is 0.690. The Labute approximate surface area is 94.7 Å². The zero-order chi connectivity index (χ0) is 12.6. The van der Waals surface area contributed by atoms with Crippen LogP contribution in [0.25, 0.3) is 0 Å². The highest BCUT2D eigenvalue weighted by Gasteiger charge is 2.33. The highest BCUT2D eigenvalue weighted by atomic mass is 35.7. The number of pyridine rings is 1. The van der Waals surface area contributed by atoms with Crippen LogP contribution in [0.1, 0.15) is 18.2 Å². The van der Waals surface area contributed by atoms with Gasteiger partial charge in [0.05, 0.1) is 0 Å². The van der Waals surface area contributed by atoms with E-state index in [1.54, 1.807) is 0 Å². The van der Waals surface area contributed by atoms with Gasteiger partial charge in [-0.2, -0.15) is 13.2 Å². The van der Waals surface area contributed by atoms with Crippen molar-refractivity contribution in [2.75, 3.05) is 0 Å². The maximum atomic E-state index is 12.3. The van der Waals surface area contributed by atoms with Crippen LogP contribution in [0.3, 0.4) is 0 Å². The number of rotatable bonds is 2. The molecule has 0 radical (unpaired) electrons. The first kappa shape index (κ1) is 13.2. The van der Waals surface area contributed by atoms with Crippen LogP contribution in [0, 0.1) is 0 Å². The number of hydrogen-bond donors (Lipinski definition) is 0. The van der Waals surface area contributed by atoms with Crippen molar-refractivity contribution in [2.45, 2.75) is 24.4 Å². The smallest absolute Gasteiger partial charge is 0.250 e. The molecule has 0 atom stereocenters. The fraction of sp³-hybridized carbons (Fsp3) is 0.375. The second-order valence-corrected chi connectivity index (χ2v) is 5.50. The molecule has 3 nitrogen and oxygen atoms in total. The number of aryl methyl sites for hydroxylation is 1. The van der Waals surface area contributed by atoms with E-state index in [0.29, 0.717) is 12.3 Å². The molecule has 0 amide bonds. The molecule has 1 aromatic heterocycles. The lowest BCUT2D eigenvalue weighted by molar-refractivity contribution is -0.141. The first-order valence-electron chi connectivity index (χ1n) is 4.17. The van der Waals surface area contributed by atoms with Crippen LogP contribution in [0.4, 0.5) is 13.2 Å². The lowest BCUT2D eigenvalue weighted by Gasteiger charge is -2.09. The fourth-order valence-electron chi connectivity index (χ4n) is 1.14. The van der Waals surface area contributed by atoms with Crippen LogP contribution in [-0.4, -0.2) is 13.4 Å². The minimum atomic E-state index is -4.60. The molecular formula is C8H7ClF3NO2S. The minimum Gasteiger partial charge on any atom is -0.250 e. The Bertz CT molecular complexity index is 498. The number of halogens is 4. The molecule has 0 N–H and O–H groups in total. The van der Waals surface area contributed by atoms with Crippen LogP contribution < -0.4 is 0 Å². The summed E-state index contributed by atoms with van der Waals surface area (Å²) in [7, 11) is 0.995. The Hall–Kier alpha value is -0.820. The zero-order valence-electron chi connectivity index (χ0n) is 8.05. The van der Waals surface area contributed by atoms with Gasteiger partial charge in [-0.3, -0.25) is 4.98 Å². The monoisotopic (exact) mass is 273 g/mol. The van der Waals surface area contributed by atoms with Crippen molar-refractivity contribution in [1.29, 1.82) is 0 Å². The molecule has 0 unspecified atom stereocenters. The number of hydrogen-bond acceptors (Lipinski definition) is 3. The molecule has 0 fully saturated rings. The summed E-state index contributed by atoms with van der Waals surface area (Å²) in [5.74, 6) is 0. The first-order chi connectivity index (χ1) is 7.16. The van der Waals surface area contributed by atoms with Gasteiger partial charge in [-0.05, 0) is 18.1 Å². The molecule has 1 heterocycles. The lowest BCUT2D eigenvalue weighted by Crippen LogP contribution is -2.10. The summed E-state index contributed by atoms with van der Waals surface area (Å²) in [6.45, 7) is 1.53. The molecule has 0 spiro atoms. The quantitative estimate of drug-likeness (QED) is 0.778. The van der Waals surface area contributed by atoms with E-state index >= 15 is 0 Å². The van der Waals surface area contributed by atoms with Crippen LogP contribution >= 0.6 is 10.7 Å². The third-order valence-electron chi connectivity index (χ3n) is 1.88. The summed E-state index contributed by atoms with van der Waals surface area (Å²) in [5.41, 5.74) is -1.13. The molecule has 0 bridgehead atoms. The average molecular weight is 274 g/mol. The predicted molar refractivity (Wildman–Crippen MR) is 51.7 cm³/mol. The molecule has 0 aliphatic rings. The molecule has 1 rings (SSSR count). The van der Waals surface area contributed by atoms with Crippen molar-refractivity contribution in [3.8, 4) is 0 Å². The number of nitrogens with zero attached hydrogens (tertiary/aromatic N) is 1. The van der Waals surface area contributed by atoms with Crippen molar-refractivity contribution in [3.63, 3.8) is 0 Å². The van der Waals surface area contributed by atoms with E-state index in [2.05, 4.69) is 4.98 Å². The van der Waals surface area contributed by atoms with E-state index in [-0.39, 0.29) is 16.9 Å². The highest BCUT2D eigenvalue weighted by Crippen LogP contribution is 2.30. The van der Waals surface area contributed by atoms with Crippen LogP contribution in [0.5, 0.6) is 0 Å². The Morgan fingerprint density at radius 2 is 2.00 bits per heavy atom. The molecule has 0 aromatic carbocycles. The Morgan fingerprint density at radius 1 is 1.44 bits per heavy atom. The second-order valence-electron chi connectivity index (χ2n) is 2.97. The largest absolute Gasteiger partial charge is 0.433 e. The van der Waals surface area contributed by atoms with Gasteiger partial charge in [0.15, 0.2) is 0 Å². The summed E-state index contributed by atoms with van der Waals surface area (Å²) in [6.07, 6.45) is -3.85. The van der Waals surface area contributed by atoms with Gasteiger partial charge in [-0.25, -0.2) is 8.42 Å². The summed E-state index contributed by atoms with van der Waals surface area (Å²) in [5, 5.41) is 0. The molecule has 1 aromatic rings. The Morgan fingerprint density at radius 3 is 2.38 bits per heavy atom. The average Bonchev–Trinajstić information content (AvgIpc) is 2.14. The van der Waals surface area contributed by atoms with Gasteiger partial charge in [0.1, 0.15) is 10.6 Å². The van der Waals surface area contributed by atoms with Gasteiger partial charge in [0, 0.05) is 16.9 Å². The summed E-state index contributed by atoms with van der Waals surface area (Å²) < 4.78 is 58.9. The van der Waals surface area contributed by atoms with E-state index in [0.717, 1.165) is 0 Å². The van der Waals surface area contributed by atoms with Crippen LogP contribution in [0.2, 0.25) is 0 Å². The molecule has 16 heavy (non-hydrogen) atoms. The minimum absolute atomic E-state index is 0.00248. The fourth-order valence-corrected chi connectivity index (χ4v) is 2.25. The Kier molecular flexibility index (Phi) is 3.49. The van der Waals surface area contributed by atoms with E-state index in [1.807, 2.05) is 0 Å². The predicted octanol–water partition coefficient (Wildman–Crippen LogP) is 2.59. The standard InChI is InChI=1S/C8H7ClF3NO2S/c1-2-5-3-7(8(10,11)12)13-4-6(5)16(9,14)15/h3-4H,2H2,1H3. The van der Waals surface area contributed by atoms with E-state index in [1.165, 1.54) is 6.92 Å². The van der Waals surface area contributed by atoms with Crippen molar-refractivity contribution in [3.05, 3.63) is 23.5 Å². The number of alkyl halides is 3. The molecule has 90 valence electrons. The maximum absolute atomic E-state index is 12.3. The van der Waals surface area contributed by atoms with Gasteiger partial charge in [-0.1, -0.05) is 6.92 Å². The Balaban J connectivity index is 3.40. The molecule has 0 aliphatic heterocycles. The van der Waals surface area contributed by atoms with Crippen molar-refractivity contribution >= 4 is 19.7 Å². The molecular weight excluding hydrogens is 267 g/mol. The molecule has 0 saturated heterocycles. The maximum Gasteiger partial charge on any atom is 0.433 e. The first-order valence-corrected chi connectivity index (χ1v) is 6.48. The zero-order valence-corrected chi connectivity index (χ0v) is 9.62. The normalized spacial score (nSPS) is 12.8. The van der Waals surface area contributed by atoms with E-state index in [9.17, 15) is 21.6 Å². The highest BCUT2D eigenvalue weighted by molar-refractivity contribution is 8.13. The van der Waals surface area contributed by atoms with Gasteiger partial charge < -0.3 is 0 Å². The topological polar surface area (TPSA) is 47.0 Å². The molecule has 0 aliphatic carbocycles. The molecule has 8 heteroatoms. The third kappa shape index (κ3) is 2.85. The van der Waals surface area contributed by atoms with Crippen molar-refractivity contribution < 1.29 is 21.6 Å². The van der Waals surface area contributed by atoms with Gasteiger partial charge in [0.2, 0.25) is 0 Å². The third-order valence-corrected chi connectivity index (χ3v) is 3.27. The lowest BCUT2D eigenvalue weighted by atomic mass is 10.2. The van der Waals surface area contributed by atoms with Crippen molar-refractivity contribution in [2.24, 2.45) is 0 Å². The summed E-state index contributed by atoms with van der Waals surface area (Å²) >= 11 is 0. The van der Waals surface area contributed by atoms with E-state index in [4.69, 9.17) is 10.7 Å². The van der Waals surface area contributed by atoms with E-state index < -0.39 is 20.9 Å². The van der Waals surface area contributed by atoms with Crippen LogP contribution in [-0.2, 0) is 21.6 Å². The second kappa shape index (κ2) is 4.21. The number of aromatic nitrogens is 1.